The van der Waals surface area contributed by atoms with Gasteiger partial charge in [-0.3, -0.25) is 18.6 Å². The second-order valence-corrected chi connectivity index (χ2v) is 16.4. The van der Waals surface area contributed by atoms with Crippen LogP contribution in [0.5, 0.6) is 0 Å². The molecular formula is C46H75O13P. The maximum Gasteiger partial charge on any atom is 0.472 e. The first-order valence-electron chi connectivity index (χ1n) is 21.8. The maximum absolute atomic E-state index is 12.8. The molecule has 0 heterocycles. The molecule has 0 aromatic rings. The van der Waals surface area contributed by atoms with Gasteiger partial charge in [0.05, 0.1) is 44.6 Å². The summed E-state index contributed by atoms with van der Waals surface area (Å²) in [5.74, 6) is -1.97. The van der Waals surface area contributed by atoms with Gasteiger partial charge in [-0.1, -0.05) is 125 Å². The van der Waals surface area contributed by atoms with Crippen LogP contribution in [-0.2, 0) is 32.7 Å². The summed E-state index contributed by atoms with van der Waals surface area (Å²) in [6.45, 7) is 1.72. The summed E-state index contributed by atoms with van der Waals surface area (Å²) in [6.07, 6.45) is 35.3. The van der Waals surface area contributed by atoms with Gasteiger partial charge in [0.15, 0.2) is 6.10 Å². The molecule has 0 aromatic heterocycles. The minimum atomic E-state index is -4.73. The summed E-state index contributed by atoms with van der Waals surface area (Å²) in [5.41, 5.74) is 0. The third kappa shape index (κ3) is 29.3. The maximum atomic E-state index is 12.8. The molecule has 342 valence electrons. The molecule has 1 aliphatic carbocycles. The average molecular weight is 867 g/mol. The van der Waals surface area contributed by atoms with Crippen molar-refractivity contribution in [2.24, 2.45) is 11.8 Å². The van der Waals surface area contributed by atoms with E-state index in [0.29, 0.717) is 19.3 Å². The fraction of sp³-hybridized carbons (Fsp3) is 0.652. The Bertz CT molecular complexity index is 1390. The first kappa shape index (κ1) is 55.0. The fourth-order valence-corrected chi connectivity index (χ4v) is 7.02. The van der Waals surface area contributed by atoms with E-state index in [2.05, 4.69) is 79.1 Å². The van der Waals surface area contributed by atoms with Crippen molar-refractivity contribution in [1.82, 2.24) is 0 Å². The number of phosphoric ester groups is 1. The van der Waals surface area contributed by atoms with Crippen LogP contribution in [0.1, 0.15) is 123 Å². The molecule has 8 atom stereocenters. The summed E-state index contributed by atoms with van der Waals surface area (Å²) < 4.78 is 32.6. The summed E-state index contributed by atoms with van der Waals surface area (Å²) in [6, 6.07) is 0. The van der Waals surface area contributed by atoms with Crippen molar-refractivity contribution in [1.29, 1.82) is 0 Å². The van der Waals surface area contributed by atoms with Crippen LogP contribution >= 0.6 is 7.82 Å². The van der Waals surface area contributed by atoms with Crippen molar-refractivity contribution in [2.75, 3.05) is 26.4 Å². The van der Waals surface area contributed by atoms with Gasteiger partial charge in [-0.2, -0.15) is 0 Å². The number of allylic oxidation sites excluding steroid dienone is 11. The quantitative estimate of drug-likeness (QED) is 0.0156. The molecule has 0 radical (unpaired) electrons. The minimum Gasteiger partial charge on any atom is -0.462 e. The Morgan fingerprint density at radius 3 is 2.00 bits per heavy atom. The molecular weight excluding hydrogens is 791 g/mol. The van der Waals surface area contributed by atoms with E-state index < -0.39 is 76.7 Å². The summed E-state index contributed by atoms with van der Waals surface area (Å²) >= 11 is 0. The van der Waals surface area contributed by atoms with Crippen molar-refractivity contribution in [3.8, 4) is 0 Å². The van der Waals surface area contributed by atoms with Crippen LogP contribution in [0.15, 0.2) is 85.1 Å². The minimum absolute atomic E-state index is 0.131. The number of unbranched alkanes of at least 4 members (excludes halogenated alkanes) is 5. The average Bonchev–Trinajstić information content (AvgIpc) is 3.50. The van der Waals surface area contributed by atoms with E-state index in [1.165, 1.54) is 0 Å². The molecule has 0 aromatic carbocycles. The zero-order valence-electron chi connectivity index (χ0n) is 36.0. The number of aliphatic hydroxyl groups excluding tert-OH is 5. The highest BCUT2D eigenvalue weighted by Gasteiger charge is 2.39. The van der Waals surface area contributed by atoms with Gasteiger partial charge >= 0.3 is 19.8 Å². The number of carbonyl (C=O) groups excluding carboxylic acids is 2. The van der Waals surface area contributed by atoms with Gasteiger partial charge in [0, 0.05) is 18.8 Å². The second-order valence-electron chi connectivity index (χ2n) is 15.0. The van der Waals surface area contributed by atoms with E-state index in [1.54, 1.807) is 24.3 Å². The molecule has 13 nitrogen and oxygen atoms in total. The zero-order chi connectivity index (χ0) is 44.3. The lowest BCUT2D eigenvalue weighted by molar-refractivity contribution is -0.160. The number of aliphatic hydroxyl groups is 5. The van der Waals surface area contributed by atoms with E-state index in [4.69, 9.17) is 19.1 Å². The number of esters is 2. The highest BCUT2D eigenvalue weighted by molar-refractivity contribution is 7.47. The van der Waals surface area contributed by atoms with Crippen molar-refractivity contribution >= 4 is 19.8 Å². The van der Waals surface area contributed by atoms with Crippen molar-refractivity contribution in [3.05, 3.63) is 85.1 Å². The third-order valence-corrected chi connectivity index (χ3v) is 10.6. The van der Waals surface area contributed by atoms with Crippen molar-refractivity contribution in [3.63, 3.8) is 0 Å². The summed E-state index contributed by atoms with van der Waals surface area (Å²) in [5, 5.41) is 49.7. The van der Waals surface area contributed by atoms with Crippen LogP contribution in [0.25, 0.3) is 0 Å². The van der Waals surface area contributed by atoms with Gasteiger partial charge in [-0.25, -0.2) is 4.57 Å². The molecule has 60 heavy (non-hydrogen) atoms. The monoisotopic (exact) mass is 866 g/mol. The van der Waals surface area contributed by atoms with Crippen LogP contribution in [-0.4, -0.2) is 99.3 Å². The van der Waals surface area contributed by atoms with E-state index in [-0.39, 0.29) is 31.1 Å². The second kappa shape index (κ2) is 35.6. The predicted octanol–water partition coefficient (Wildman–Crippen LogP) is 7.82. The highest BCUT2D eigenvalue weighted by Crippen LogP contribution is 2.43. The number of hydrogen-bond acceptors (Lipinski definition) is 12. The topological polar surface area (TPSA) is 210 Å². The first-order valence-corrected chi connectivity index (χ1v) is 23.3. The third-order valence-electron chi connectivity index (χ3n) is 9.64. The van der Waals surface area contributed by atoms with Crippen molar-refractivity contribution in [2.45, 2.75) is 154 Å². The predicted molar refractivity (Wildman–Crippen MR) is 234 cm³/mol. The normalized spacial score (nSPS) is 21.4. The molecule has 14 heteroatoms. The van der Waals surface area contributed by atoms with Crippen LogP contribution in [0.2, 0.25) is 0 Å². The molecule has 1 aliphatic rings. The number of ether oxygens (including phenoxy) is 2. The number of rotatable bonds is 35. The largest absolute Gasteiger partial charge is 0.472 e. The van der Waals surface area contributed by atoms with E-state index >= 15 is 0 Å². The van der Waals surface area contributed by atoms with Gasteiger partial charge in [0.2, 0.25) is 0 Å². The van der Waals surface area contributed by atoms with Crippen LogP contribution < -0.4 is 0 Å². The molecule has 6 N–H and O–H groups in total. The Kier molecular flexibility index (Phi) is 32.7. The molecule has 1 fully saturated rings. The van der Waals surface area contributed by atoms with Gasteiger partial charge in [-0.15, -0.1) is 0 Å². The molecule has 0 bridgehead atoms. The van der Waals surface area contributed by atoms with Gasteiger partial charge in [0.1, 0.15) is 12.7 Å². The van der Waals surface area contributed by atoms with Crippen LogP contribution in [0.3, 0.4) is 0 Å². The molecule has 0 aliphatic heterocycles. The standard InChI is InChI=1S/C46H75O13P/c1-3-5-7-8-9-10-11-12-13-14-15-16-17-18-19-20-21-22-24-29-45(52)56-36-40(37-58-60(54,55)57-35-39(49)34-47)59-46(53)30-26-25-28-41-42(44(51)33-43(41)50)32-31-38(48)27-23-6-4-2/h5,7,9-10,12-13,15-16,18-19,25-26,31-32,38-44,47-51H,3-4,6,8,11,14,17,20-24,27-30,33-37H2,1-2H3,(H,54,55)/b7-5-,10-9-,13-12-,16-15-,19-18-,26-25-,32-31+/t38-,39+,40-,41+,42-,43+,44-/m1/s1. The van der Waals surface area contributed by atoms with E-state index in [0.717, 1.165) is 70.6 Å². The van der Waals surface area contributed by atoms with E-state index in [1.807, 2.05) is 0 Å². The number of hydrogen-bond donors (Lipinski definition) is 6. The molecule has 1 unspecified atom stereocenters. The highest BCUT2D eigenvalue weighted by atomic mass is 31.2. The lowest BCUT2D eigenvalue weighted by Crippen LogP contribution is -2.29. The van der Waals surface area contributed by atoms with Crippen LogP contribution in [0, 0.1) is 11.8 Å². The Morgan fingerprint density at radius 2 is 1.37 bits per heavy atom. The number of carbonyl (C=O) groups is 2. The first-order chi connectivity index (χ1) is 28.9. The molecule has 1 saturated carbocycles. The Balaban J connectivity index is 2.54. The fourth-order valence-electron chi connectivity index (χ4n) is 6.23. The molecule has 0 spiro atoms. The Hall–Kier alpha value is -2.97. The lowest BCUT2D eigenvalue weighted by atomic mass is 9.89. The van der Waals surface area contributed by atoms with Crippen LogP contribution in [0.4, 0.5) is 0 Å². The molecule has 0 saturated heterocycles. The lowest BCUT2D eigenvalue weighted by Gasteiger charge is -2.20. The van der Waals surface area contributed by atoms with E-state index in [9.17, 15) is 39.5 Å². The van der Waals surface area contributed by atoms with Crippen molar-refractivity contribution < 1.29 is 63.1 Å². The van der Waals surface area contributed by atoms with Gasteiger partial charge in [0.25, 0.3) is 0 Å². The summed E-state index contributed by atoms with van der Waals surface area (Å²) in [4.78, 5) is 35.3. The Labute approximate surface area is 358 Å². The van der Waals surface area contributed by atoms with Gasteiger partial charge in [-0.05, 0) is 70.1 Å². The SMILES string of the molecule is CC/C=C\C/C=C\C/C=C\C/C=C\C/C=C\CCCCCC(=O)OC[C@H](COP(=O)(O)OC[C@@H](O)CO)OC(=O)C/C=C\C[C@H]1[C@@H](/C=C/[C@H](O)CCCCC)[C@H](O)C[C@@H]1O. The summed E-state index contributed by atoms with van der Waals surface area (Å²) in [7, 11) is -4.73. The Morgan fingerprint density at radius 1 is 0.733 bits per heavy atom. The molecule has 1 rings (SSSR count). The van der Waals surface area contributed by atoms with Gasteiger partial charge < -0.3 is 39.9 Å². The smallest absolute Gasteiger partial charge is 0.462 e. The number of phosphoric acid groups is 1. The zero-order valence-corrected chi connectivity index (χ0v) is 36.9. The molecule has 0 amide bonds.